The number of amides is 1. The van der Waals surface area contributed by atoms with Crippen LogP contribution in [0.25, 0.3) is 10.8 Å². The molecule has 0 bridgehead atoms. The molecular formula is C25H32ClN5O7S. The number of carboxylic acid groups (broad SMARTS) is 1. The fourth-order valence-electron chi connectivity index (χ4n) is 4.67. The maximum absolute atomic E-state index is 13.8. The molecule has 2 aromatic rings. The predicted molar refractivity (Wildman–Crippen MR) is 145 cm³/mol. The third kappa shape index (κ3) is 6.32. The van der Waals surface area contributed by atoms with Crippen LogP contribution in [0.1, 0.15) is 19.3 Å². The Morgan fingerprint density at radius 1 is 1.18 bits per heavy atom. The van der Waals surface area contributed by atoms with Gasteiger partial charge in [-0.15, -0.1) is 12.4 Å². The lowest BCUT2D eigenvalue weighted by Crippen LogP contribution is -2.62. The van der Waals surface area contributed by atoms with Gasteiger partial charge in [-0.05, 0) is 41.7 Å². The van der Waals surface area contributed by atoms with E-state index in [4.69, 9.17) is 21.6 Å². The number of sulfone groups is 1. The number of guanidine groups is 1. The number of carbonyl (C=O) groups excluding carboxylic acids is 2. The number of fused-ring (bicyclic) bond motifs is 1. The number of carbonyl (C=O) groups is 3. The van der Waals surface area contributed by atoms with Gasteiger partial charge < -0.3 is 31.5 Å². The Morgan fingerprint density at radius 2 is 1.85 bits per heavy atom. The summed E-state index contributed by atoms with van der Waals surface area (Å²) in [6, 6.07) is 11.3. The summed E-state index contributed by atoms with van der Waals surface area (Å²) in [5.41, 5.74) is 9.16. The maximum Gasteiger partial charge on any atom is 0.331 e. The maximum atomic E-state index is 13.8. The topological polar surface area (TPSA) is 206 Å². The molecule has 212 valence electrons. The van der Waals surface area contributed by atoms with Crippen molar-refractivity contribution in [2.24, 2.45) is 17.4 Å². The number of rotatable bonds is 10. The van der Waals surface area contributed by atoms with E-state index >= 15 is 0 Å². The number of ketones is 1. The number of hydrogen-bond acceptors (Lipinski definition) is 8. The molecule has 1 heterocycles. The summed E-state index contributed by atoms with van der Waals surface area (Å²) >= 11 is 0. The van der Waals surface area contributed by atoms with E-state index in [-0.39, 0.29) is 43.0 Å². The molecule has 3 unspecified atom stereocenters. The first-order valence-electron chi connectivity index (χ1n) is 12.2. The molecule has 1 saturated heterocycles. The first kappa shape index (κ1) is 30.3. The average molecular weight is 582 g/mol. The monoisotopic (exact) mass is 581 g/mol. The Kier molecular flexibility index (Phi) is 9.21. The van der Waals surface area contributed by atoms with Crippen molar-refractivity contribution in [2.45, 2.75) is 41.1 Å². The van der Waals surface area contributed by atoms with Crippen LogP contribution in [-0.2, 0) is 29.0 Å². The average Bonchev–Trinajstić information content (AvgIpc) is 3.75. The molecule has 0 spiro atoms. The van der Waals surface area contributed by atoms with E-state index in [0.717, 1.165) is 5.39 Å². The van der Waals surface area contributed by atoms with Crippen LogP contribution < -0.4 is 16.8 Å². The van der Waals surface area contributed by atoms with Crippen molar-refractivity contribution in [1.29, 1.82) is 5.41 Å². The van der Waals surface area contributed by atoms with Gasteiger partial charge in [0.25, 0.3) is 0 Å². The standard InChI is InChI=1S/C25H31N5O7S.ClH/c26-24(27)30-9-10-37-18(14-30)13-29-21(31)12-20(22(32)25(28,23(33)34)17-6-7-17)38(35,36)19-8-5-15-3-1-2-4-16(15)11-19;/h1-5,8,11,17-18,20H,6-7,9-10,12-14,28H2,(H3,26,27)(H,29,31)(H,33,34);1H. The summed E-state index contributed by atoms with van der Waals surface area (Å²) in [6.45, 7) is 0.942. The molecule has 1 amide bonds. The van der Waals surface area contributed by atoms with Crippen LogP contribution in [0.4, 0.5) is 0 Å². The van der Waals surface area contributed by atoms with Gasteiger partial charge in [-0.1, -0.05) is 30.3 Å². The number of halogens is 1. The number of nitrogens with one attached hydrogen (secondary N) is 2. The van der Waals surface area contributed by atoms with Crippen LogP contribution in [0.15, 0.2) is 47.4 Å². The number of nitrogens with zero attached hydrogens (tertiary/aromatic N) is 1. The van der Waals surface area contributed by atoms with Crippen LogP contribution >= 0.6 is 12.4 Å². The number of aliphatic carboxylic acids is 1. The van der Waals surface area contributed by atoms with Crippen molar-refractivity contribution in [2.75, 3.05) is 26.2 Å². The lowest BCUT2D eigenvalue weighted by atomic mass is 9.86. The summed E-state index contributed by atoms with van der Waals surface area (Å²) in [5, 5.41) is 19.3. The molecule has 0 aromatic heterocycles. The first-order valence-corrected chi connectivity index (χ1v) is 13.8. The number of benzene rings is 2. The van der Waals surface area contributed by atoms with E-state index in [1.807, 2.05) is 0 Å². The summed E-state index contributed by atoms with van der Waals surface area (Å²) in [5.74, 6) is -4.46. The molecule has 7 N–H and O–H groups in total. The number of morpholine rings is 1. The quantitative estimate of drug-likeness (QED) is 0.147. The molecule has 4 rings (SSSR count). The van der Waals surface area contributed by atoms with Crippen molar-refractivity contribution < 1.29 is 32.6 Å². The molecule has 2 fully saturated rings. The van der Waals surface area contributed by atoms with Gasteiger partial charge in [0.2, 0.25) is 5.91 Å². The largest absolute Gasteiger partial charge is 0.480 e. The minimum Gasteiger partial charge on any atom is -0.480 e. The summed E-state index contributed by atoms with van der Waals surface area (Å²) in [7, 11) is -4.51. The molecule has 2 aromatic carbocycles. The van der Waals surface area contributed by atoms with Gasteiger partial charge in [-0.3, -0.25) is 15.0 Å². The van der Waals surface area contributed by atoms with Crippen LogP contribution in [0, 0.1) is 11.3 Å². The second-order valence-corrected chi connectivity index (χ2v) is 11.8. The molecule has 2 aliphatic rings. The van der Waals surface area contributed by atoms with E-state index in [1.54, 1.807) is 35.2 Å². The molecule has 39 heavy (non-hydrogen) atoms. The Morgan fingerprint density at radius 3 is 2.46 bits per heavy atom. The SMILES string of the molecule is Cl.N=C(N)N1CCOC(CNC(=O)CC(C(=O)C(N)(C(=O)O)C2CC2)S(=O)(=O)c2ccc3ccccc3c2)C1. The fraction of sp³-hybridized carbons (Fsp3) is 0.440. The zero-order chi connectivity index (χ0) is 27.7. The Bertz CT molecular complexity index is 1380. The van der Waals surface area contributed by atoms with Crippen LogP contribution in [0.2, 0.25) is 0 Å². The third-order valence-corrected chi connectivity index (χ3v) is 9.12. The zero-order valence-electron chi connectivity index (χ0n) is 21.0. The highest BCUT2D eigenvalue weighted by molar-refractivity contribution is 7.92. The summed E-state index contributed by atoms with van der Waals surface area (Å²) in [4.78, 5) is 40.0. The van der Waals surface area contributed by atoms with E-state index < -0.39 is 56.7 Å². The minimum atomic E-state index is -4.51. The molecule has 1 aliphatic heterocycles. The molecular weight excluding hydrogens is 550 g/mol. The fourth-order valence-corrected chi connectivity index (χ4v) is 6.39. The smallest absolute Gasteiger partial charge is 0.331 e. The van der Waals surface area contributed by atoms with Crippen molar-refractivity contribution in [1.82, 2.24) is 10.2 Å². The van der Waals surface area contributed by atoms with Gasteiger partial charge in [0.15, 0.2) is 27.1 Å². The summed E-state index contributed by atoms with van der Waals surface area (Å²) < 4.78 is 33.1. The number of hydrogen-bond donors (Lipinski definition) is 5. The molecule has 0 radical (unpaired) electrons. The zero-order valence-corrected chi connectivity index (χ0v) is 22.7. The Balaban J connectivity index is 0.00000420. The van der Waals surface area contributed by atoms with E-state index in [1.165, 1.54) is 12.1 Å². The molecule has 12 nitrogen and oxygen atoms in total. The van der Waals surface area contributed by atoms with Gasteiger partial charge in [0.05, 0.1) is 24.0 Å². The third-order valence-electron chi connectivity index (χ3n) is 7.08. The number of carboxylic acids is 1. The highest BCUT2D eigenvalue weighted by atomic mass is 35.5. The van der Waals surface area contributed by atoms with Crippen molar-refractivity contribution in [3.05, 3.63) is 42.5 Å². The van der Waals surface area contributed by atoms with Gasteiger partial charge >= 0.3 is 5.97 Å². The van der Waals surface area contributed by atoms with Gasteiger partial charge in [0.1, 0.15) is 5.25 Å². The number of ether oxygens (including phenoxy) is 1. The van der Waals surface area contributed by atoms with E-state index in [9.17, 15) is 27.9 Å². The Hall–Kier alpha value is -3.26. The second-order valence-electron chi connectivity index (χ2n) is 9.69. The van der Waals surface area contributed by atoms with Gasteiger partial charge in [-0.25, -0.2) is 13.2 Å². The minimum absolute atomic E-state index is 0. The predicted octanol–water partition coefficient (Wildman–Crippen LogP) is 0.266. The summed E-state index contributed by atoms with van der Waals surface area (Å²) in [6.07, 6.45) is -0.581. The lowest BCUT2D eigenvalue weighted by Gasteiger charge is -2.33. The number of nitrogens with two attached hydrogens (primary N) is 2. The Labute approximate surface area is 231 Å². The van der Waals surface area contributed by atoms with Crippen molar-refractivity contribution >= 4 is 56.6 Å². The van der Waals surface area contributed by atoms with Crippen molar-refractivity contribution in [3.8, 4) is 0 Å². The molecule has 3 atom stereocenters. The normalized spacial score (nSPS) is 19.8. The highest BCUT2D eigenvalue weighted by Gasteiger charge is 2.58. The first-order chi connectivity index (χ1) is 17.9. The highest BCUT2D eigenvalue weighted by Crippen LogP contribution is 2.41. The van der Waals surface area contributed by atoms with E-state index in [0.29, 0.717) is 24.8 Å². The van der Waals surface area contributed by atoms with Gasteiger partial charge in [-0.2, -0.15) is 0 Å². The molecule has 1 saturated carbocycles. The second kappa shape index (κ2) is 11.9. The van der Waals surface area contributed by atoms with Crippen LogP contribution in [-0.4, -0.2) is 85.2 Å². The molecule has 1 aliphatic carbocycles. The van der Waals surface area contributed by atoms with Crippen LogP contribution in [0.5, 0.6) is 0 Å². The molecule has 14 heteroatoms. The lowest BCUT2D eigenvalue weighted by molar-refractivity contribution is -0.149. The van der Waals surface area contributed by atoms with E-state index in [2.05, 4.69) is 5.32 Å². The van der Waals surface area contributed by atoms with Crippen LogP contribution in [0.3, 0.4) is 0 Å². The van der Waals surface area contributed by atoms with Crippen molar-refractivity contribution in [3.63, 3.8) is 0 Å². The van der Waals surface area contributed by atoms with Gasteiger partial charge in [0, 0.05) is 19.6 Å². The number of Topliss-reactive ketones (excluding diaryl/α,β-unsaturated/α-hetero) is 1.